The van der Waals surface area contributed by atoms with Gasteiger partial charge >= 0.3 is 5.97 Å². The molecule has 41 heavy (non-hydrogen) atoms. The van der Waals surface area contributed by atoms with Gasteiger partial charge in [0.15, 0.2) is 4.80 Å². The van der Waals surface area contributed by atoms with Crippen LogP contribution in [0.15, 0.2) is 86.2 Å². The summed E-state index contributed by atoms with van der Waals surface area (Å²) in [6.45, 7) is 3.99. The van der Waals surface area contributed by atoms with Crippen molar-refractivity contribution in [2.45, 2.75) is 26.5 Å². The minimum absolute atomic E-state index is 0.186. The molecule has 1 atom stereocenters. The van der Waals surface area contributed by atoms with E-state index in [1.165, 1.54) is 15.9 Å². The maximum atomic E-state index is 14.0. The standard InChI is InChI=1S/C30H22BrCl2IN2O4S/c1-3-39-29(38)25-16(2)35-30-36(26(25)21-6-4-5-7-22(21)33)28(37)24(41-30)13-18-12-20(32)14-23(34)27(18)40-15-17-8-10-19(31)11-9-17/h4-14,26H,3,15H2,1-2H3/b24-13-/t26-/m0/s1. The minimum atomic E-state index is -0.797. The summed E-state index contributed by atoms with van der Waals surface area (Å²) in [4.78, 5) is 32.2. The van der Waals surface area contributed by atoms with E-state index in [-0.39, 0.29) is 17.7 Å². The summed E-state index contributed by atoms with van der Waals surface area (Å²) in [5.74, 6) is 0.0655. The molecular weight excluding hydrogens is 762 g/mol. The molecule has 0 bridgehead atoms. The van der Waals surface area contributed by atoms with Crippen molar-refractivity contribution in [3.63, 3.8) is 0 Å². The smallest absolute Gasteiger partial charge is 0.338 e. The second-order valence-corrected chi connectivity index (χ2v) is 13.0. The zero-order valence-corrected chi connectivity index (χ0v) is 27.9. The fraction of sp³-hybridized carbons (Fsp3) is 0.167. The molecule has 1 aromatic heterocycles. The van der Waals surface area contributed by atoms with E-state index in [0.717, 1.165) is 13.6 Å². The highest BCUT2D eigenvalue weighted by molar-refractivity contribution is 14.1. The molecule has 0 N–H and O–H groups in total. The van der Waals surface area contributed by atoms with Crippen LogP contribution < -0.4 is 19.6 Å². The molecule has 4 aromatic rings. The van der Waals surface area contributed by atoms with Gasteiger partial charge in [0.1, 0.15) is 18.4 Å². The Kier molecular flexibility index (Phi) is 9.40. The van der Waals surface area contributed by atoms with Crippen LogP contribution in [0.4, 0.5) is 0 Å². The van der Waals surface area contributed by atoms with Crippen LogP contribution in [0, 0.1) is 3.57 Å². The van der Waals surface area contributed by atoms with Crippen LogP contribution >= 0.6 is 73.1 Å². The zero-order chi connectivity index (χ0) is 29.3. The van der Waals surface area contributed by atoms with Gasteiger partial charge in [-0.05, 0) is 84.0 Å². The number of benzene rings is 3. The summed E-state index contributed by atoms with van der Waals surface area (Å²) >= 11 is 19.9. The molecule has 1 aliphatic rings. The molecule has 0 aliphatic carbocycles. The maximum absolute atomic E-state index is 14.0. The lowest BCUT2D eigenvalue weighted by molar-refractivity contribution is -0.139. The molecule has 0 radical (unpaired) electrons. The molecule has 6 nitrogen and oxygen atoms in total. The van der Waals surface area contributed by atoms with Crippen LogP contribution in [0.25, 0.3) is 6.08 Å². The highest BCUT2D eigenvalue weighted by Gasteiger charge is 2.34. The summed E-state index contributed by atoms with van der Waals surface area (Å²) in [5, 5.41) is 0.940. The van der Waals surface area contributed by atoms with E-state index >= 15 is 0 Å². The molecule has 0 saturated carbocycles. The van der Waals surface area contributed by atoms with Crippen LogP contribution in [-0.2, 0) is 16.1 Å². The molecule has 3 aromatic carbocycles. The van der Waals surface area contributed by atoms with Crippen molar-refractivity contribution in [1.82, 2.24) is 4.57 Å². The predicted octanol–water partition coefficient (Wildman–Crippen LogP) is 7.05. The van der Waals surface area contributed by atoms with Crippen molar-refractivity contribution >= 4 is 85.1 Å². The Morgan fingerprint density at radius 3 is 2.61 bits per heavy atom. The first-order chi connectivity index (χ1) is 19.7. The fourth-order valence-electron chi connectivity index (χ4n) is 4.50. The average molecular weight is 784 g/mol. The van der Waals surface area contributed by atoms with Crippen molar-refractivity contribution < 1.29 is 14.3 Å². The number of allylic oxidation sites excluding steroid dienone is 1. The number of ether oxygens (including phenoxy) is 2. The van der Waals surface area contributed by atoms with E-state index in [2.05, 4.69) is 43.5 Å². The molecule has 0 spiro atoms. The number of halogens is 4. The van der Waals surface area contributed by atoms with Gasteiger partial charge in [0.05, 0.1) is 26.0 Å². The van der Waals surface area contributed by atoms with Gasteiger partial charge in [-0.3, -0.25) is 9.36 Å². The van der Waals surface area contributed by atoms with Crippen LogP contribution in [0.1, 0.15) is 36.6 Å². The van der Waals surface area contributed by atoms with Gasteiger partial charge < -0.3 is 9.47 Å². The summed E-state index contributed by atoms with van der Waals surface area (Å²) in [6.07, 6.45) is 1.75. The highest BCUT2D eigenvalue weighted by atomic mass is 127. The molecule has 5 rings (SSSR count). The Balaban J connectivity index is 1.65. The molecule has 0 saturated heterocycles. The number of fused-ring (bicyclic) bond motifs is 1. The first-order valence-electron chi connectivity index (χ1n) is 12.5. The molecule has 11 heteroatoms. The van der Waals surface area contributed by atoms with Crippen molar-refractivity contribution in [2.24, 2.45) is 4.99 Å². The SMILES string of the molecule is CCOC(=O)C1=C(C)N=c2s/c(=C\c3cc(Cl)cc(I)c3OCc3ccc(Br)cc3)c(=O)n2[C@H]1c1ccccc1Cl. The minimum Gasteiger partial charge on any atom is -0.487 e. The van der Waals surface area contributed by atoms with E-state index in [9.17, 15) is 9.59 Å². The Morgan fingerprint density at radius 1 is 1.17 bits per heavy atom. The third-order valence-corrected chi connectivity index (χ3v) is 9.21. The fourth-order valence-corrected chi connectivity index (χ4v) is 7.25. The van der Waals surface area contributed by atoms with Gasteiger partial charge in [0, 0.05) is 20.1 Å². The Bertz CT molecular complexity index is 1870. The number of esters is 1. The summed E-state index contributed by atoms with van der Waals surface area (Å²) in [6, 6.07) is 17.8. The van der Waals surface area contributed by atoms with Gasteiger partial charge in [0.2, 0.25) is 0 Å². The normalized spacial score (nSPS) is 15.0. The van der Waals surface area contributed by atoms with Crippen molar-refractivity contribution in [3.8, 4) is 5.75 Å². The molecule has 210 valence electrons. The zero-order valence-electron chi connectivity index (χ0n) is 21.8. The molecule has 2 heterocycles. The highest BCUT2D eigenvalue weighted by Crippen LogP contribution is 2.35. The van der Waals surface area contributed by atoms with E-state index < -0.39 is 12.0 Å². The predicted molar refractivity (Wildman–Crippen MR) is 174 cm³/mol. The monoisotopic (exact) mass is 782 g/mol. The molecular formula is C30H22BrCl2IN2O4S. The number of thiazole rings is 1. The number of nitrogens with zero attached hydrogens (tertiary/aromatic N) is 2. The maximum Gasteiger partial charge on any atom is 0.338 e. The Hall–Kier alpha value is -2.44. The second-order valence-electron chi connectivity index (χ2n) is 9.04. The van der Waals surface area contributed by atoms with E-state index in [0.29, 0.717) is 48.6 Å². The molecule has 0 unspecified atom stereocenters. The van der Waals surface area contributed by atoms with E-state index in [4.69, 9.17) is 32.7 Å². The van der Waals surface area contributed by atoms with Gasteiger partial charge in [-0.2, -0.15) is 0 Å². The average Bonchev–Trinajstić information content (AvgIpc) is 3.23. The van der Waals surface area contributed by atoms with Crippen LogP contribution in [0.2, 0.25) is 10.0 Å². The van der Waals surface area contributed by atoms with Crippen molar-refractivity contribution in [3.05, 3.63) is 126 Å². The third kappa shape index (κ3) is 6.34. The largest absolute Gasteiger partial charge is 0.487 e. The first kappa shape index (κ1) is 30.0. The lowest BCUT2D eigenvalue weighted by Gasteiger charge is -2.25. The summed E-state index contributed by atoms with van der Waals surface area (Å²) in [5.41, 5.74) is 2.68. The lowest BCUT2D eigenvalue weighted by Crippen LogP contribution is -2.40. The molecule has 1 aliphatic heterocycles. The number of rotatable bonds is 7. The van der Waals surface area contributed by atoms with Crippen molar-refractivity contribution in [2.75, 3.05) is 6.61 Å². The third-order valence-electron chi connectivity index (χ3n) is 6.34. The summed E-state index contributed by atoms with van der Waals surface area (Å²) < 4.78 is 15.3. The number of aromatic nitrogens is 1. The van der Waals surface area contributed by atoms with Crippen LogP contribution in [0.5, 0.6) is 5.75 Å². The van der Waals surface area contributed by atoms with Gasteiger partial charge in [-0.25, -0.2) is 9.79 Å². The molecule has 0 amide bonds. The number of hydrogen-bond donors (Lipinski definition) is 0. The quantitative estimate of drug-likeness (QED) is 0.149. The Morgan fingerprint density at radius 2 is 1.90 bits per heavy atom. The topological polar surface area (TPSA) is 69.9 Å². The van der Waals surface area contributed by atoms with Gasteiger partial charge in [-0.1, -0.05) is 80.8 Å². The van der Waals surface area contributed by atoms with Crippen LogP contribution in [-0.4, -0.2) is 17.1 Å². The number of hydrogen-bond acceptors (Lipinski definition) is 6. The lowest BCUT2D eigenvalue weighted by atomic mass is 9.96. The Labute approximate surface area is 272 Å². The van der Waals surface area contributed by atoms with Gasteiger partial charge in [0.25, 0.3) is 5.56 Å². The van der Waals surface area contributed by atoms with E-state index in [1.54, 1.807) is 44.2 Å². The number of carbonyl (C=O) groups excluding carboxylic acids is 1. The molecule has 0 fully saturated rings. The summed E-state index contributed by atoms with van der Waals surface area (Å²) in [7, 11) is 0. The van der Waals surface area contributed by atoms with E-state index in [1.807, 2.05) is 36.4 Å². The first-order valence-corrected chi connectivity index (χ1v) is 15.9. The second kappa shape index (κ2) is 12.8. The van der Waals surface area contributed by atoms with Crippen molar-refractivity contribution in [1.29, 1.82) is 0 Å². The van der Waals surface area contributed by atoms with Crippen LogP contribution in [0.3, 0.4) is 0 Å². The van der Waals surface area contributed by atoms with Gasteiger partial charge in [-0.15, -0.1) is 0 Å². The number of carbonyl (C=O) groups is 1.